The van der Waals surface area contributed by atoms with Gasteiger partial charge in [-0.05, 0) is 6.42 Å². The number of carbonyl (C=O) groups excluding carboxylic acids is 1. The van der Waals surface area contributed by atoms with E-state index in [2.05, 4.69) is 11.7 Å². The number of ether oxygens (including phenoxy) is 1. The molecular weight excluding hydrogens is 418 g/mol. The minimum atomic E-state index is -6.28. The van der Waals surface area contributed by atoms with Gasteiger partial charge in [-0.15, -0.1) is 0 Å². The number of hydrogen-bond donors (Lipinski definition) is 1. The van der Waals surface area contributed by atoms with Crippen LogP contribution in [0.15, 0.2) is 0 Å². The van der Waals surface area contributed by atoms with Crippen molar-refractivity contribution in [3.63, 3.8) is 0 Å². The predicted molar refractivity (Wildman–Crippen MR) is 89.2 cm³/mol. The van der Waals surface area contributed by atoms with Gasteiger partial charge in [-0.2, -0.15) is 34.8 Å². The lowest BCUT2D eigenvalue weighted by Gasteiger charge is -2.35. The Bertz CT molecular complexity index is 557. The molecule has 0 bridgehead atoms. The molecule has 5 nitrogen and oxygen atoms in total. The Labute approximate surface area is 160 Å². The molecule has 0 saturated heterocycles. The quantitative estimate of drug-likeness (QED) is 0.183. The molecule has 0 aromatic rings. The molecule has 0 spiro atoms. The smallest absolute Gasteiger partial charge is 0.438 e. The maximum Gasteiger partial charge on any atom is 0.438 e. The van der Waals surface area contributed by atoms with E-state index in [9.17, 15) is 39.6 Å². The number of esters is 1. The molecule has 0 heterocycles. The fraction of sp³-hybridized carbons (Fsp3) is 0.938. The van der Waals surface area contributed by atoms with Gasteiger partial charge in [0.1, 0.15) is 5.75 Å². The first kappa shape index (κ1) is 27.0. The Morgan fingerprint density at radius 3 is 1.57 bits per heavy atom. The monoisotopic (exact) mass is 444 g/mol. The first-order chi connectivity index (χ1) is 12.7. The summed E-state index contributed by atoms with van der Waals surface area (Å²) in [7, 11) is -5.75. The molecule has 1 N–H and O–H groups in total. The van der Waals surface area contributed by atoms with Crippen LogP contribution in [0.4, 0.5) is 26.3 Å². The zero-order valence-corrected chi connectivity index (χ0v) is 16.4. The summed E-state index contributed by atoms with van der Waals surface area (Å²) in [5, 5.41) is 0. The van der Waals surface area contributed by atoms with Crippen LogP contribution in [0, 0.1) is 0 Å². The summed E-state index contributed by atoms with van der Waals surface area (Å²) < 4.78 is 112. The molecule has 0 aromatic heterocycles. The van der Waals surface area contributed by atoms with E-state index in [0.717, 1.165) is 38.5 Å². The number of rotatable bonds is 13. The molecule has 0 aliphatic carbocycles. The van der Waals surface area contributed by atoms with Crippen LogP contribution in [0.1, 0.15) is 71.1 Å². The number of unbranched alkanes of at least 4 members (excludes halogenated alkanes) is 8. The van der Waals surface area contributed by atoms with E-state index in [1.807, 2.05) is 0 Å². The Morgan fingerprint density at radius 1 is 0.821 bits per heavy atom. The van der Waals surface area contributed by atoms with E-state index in [4.69, 9.17) is 4.55 Å². The van der Waals surface area contributed by atoms with Gasteiger partial charge >= 0.3 is 23.9 Å². The van der Waals surface area contributed by atoms with Crippen LogP contribution in [-0.4, -0.2) is 42.6 Å². The first-order valence-electron chi connectivity index (χ1n) is 8.97. The van der Waals surface area contributed by atoms with Crippen LogP contribution in [0.2, 0.25) is 0 Å². The van der Waals surface area contributed by atoms with E-state index in [0.29, 0.717) is 12.8 Å². The normalized spacial score (nSPS) is 13.6. The molecule has 0 saturated carbocycles. The SMILES string of the molecule is CCCCCCCCCCCC(=O)OC(CS(=O)(=O)O)(C(F)(F)F)C(F)(F)F. The van der Waals surface area contributed by atoms with Crippen molar-refractivity contribution >= 4 is 16.1 Å². The summed E-state index contributed by atoms with van der Waals surface area (Å²) in [5.74, 6) is -4.68. The zero-order chi connectivity index (χ0) is 22.1. The van der Waals surface area contributed by atoms with Crippen LogP contribution in [-0.2, 0) is 19.6 Å². The molecule has 0 aliphatic rings. The van der Waals surface area contributed by atoms with Crippen molar-refractivity contribution in [1.29, 1.82) is 0 Å². The van der Waals surface area contributed by atoms with Gasteiger partial charge in [-0.25, -0.2) is 0 Å². The van der Waals surface area contributed by atoms with E-state index < -0.39 is 46.2 Å². The van der Waals surface area contributed by atoms with Crippen molar-refractivity contribution in [3.8, 4) is 0 Å². The Hall–Kier alpha value is -1.04. The number of hydrogen-bond acceptors (Lipinski definition) is 4. The largest absolute Gasteiger partial charge is 0.438 e. The number of alkyl halides is 6. The molecular formula is C16H26F6O5S. The van der Waals surface area contributed by atoms with Gasteiger partial charge in [-0.1, -0.05) is 58.3 Å². The van der Waals surface area contributed by atoms with Gasteiger partial charge in [0.25, 0.3) is 10.1 Å². The lowest BCUT2D eigenvalue weighted by molar-refractivity contribution is -0.361. The van der Waals surface area contributed by atoms with Crippen LogP contribution < -0.4 is 0 Å². The van der Waals surface area contributed by atoms with Gasteiger partial charge < -0.3 is 4.74 Å². The molecule has 28 heavy (non-hydrogen) atoms. The Morgan fingerprint density at radius 2 is 1.21 bits per heavy atom. The van der Waals surface area contributed by atoms with E-state index in [1.165, 1.54) is 0 Å². The van der Waals surface area contributed by atoms with E-state index in [1.54, 1.807) is 0 Å². The molecule has 12 heteroatoms. The second-order valence-electron chi connectivity index (χ2n) is 6.60. The summed E-state index contributed by atoms with van der Waals surface area (Å²) in [5.41, 5.74) is -5.32. The lowest BCUT2D eigenvalue weighted by Crippen LogP contribution is -2.63. The van der Waals surface area contributed by atoms with Crippen molar-refractivity contribution < 1.29 is 48.8 Å². The summed E-state index contributed by atoms with van der Waals surface area (Å²) in [6.45, 7) is 2.07. The molecule has 0 radical (unpaired) electrons. The van der Waals surface area contributed by atoms with Gasteiger partial charge in [0.05, 0.1) is 0 Å². The Kier molecular flexibility index (Phi) is 10.8. The summed E-state index contributed by atoms with van der Waals surface area (Å²) in [6.07, 6.45) is -6.10. The van der Waals surface area contributed by atoms with Gasteiger partial charge in [0.15, 0.2) is 0 Å². The van der Waals surface area contributed by atoms with Crippen LogP contribution in [0.3, 0.4) is 0 Å². The molecule has 0 aromatic carbocycles. The third kappa shape index (κ3) is 9.44. The van der Waals surface area contributed by atoms with Crippen LogP contribution in [0.5, 0.6) is 0 Å². The van der Waals surface area contributed by atoms with E-state index >= 15 is 0 Å². The van der Waals surface area contributed by atoms with Crippen molar-refractivity contribution in [2.75, 3.05) is 5.75 Å². The summed E-state index contributed by atoms with van der Waals surface area (Å²) in [4.78, 5) is 11.5. The van der Waals surface area contributed by atoms with Gasteiger partial charge in [0.2, 0.25) is 0 Å². The summed E-state index contributed by atoms with van der Waals surface area (Å²) >= 11 is 0. The Balaban J connectivity index is 4.74. The molecule has 0 aliphatic heterocycles. The fourth-order valence-electron chi connectivity index (χ4n) is 2.55. The third-order valence-corrected chi connectivity index (χ3v) is 4.85. The molecule has 0 fully saturated rings. The van der Waals surface area contributed by atoms with Crippen LogP contribution in [0.25, 0.3) is 0 Å². The standard InChI is InChI=1S/C16H26F6O5S/c1-2-3-4-5-6-7-8-9-10-11-13(23)27-14(15(17,18)19,16(20,21)22)12-28(24,25)26/h2-12H2,1H3,(H,24,25,26). The molecule has 0 unspecified atom stereocenters. The predicted octanol–water partition coefficient (Wildman–Crippen LogP) is 5.20. The molecule has 0 rings (SSSR count). The maximum atomic E-state index is 13.0. The van der Waals surface area contributed by atoms with Crippen molar-refractivity contribution in [3.05, 3.63) is 0 Å². The van der Waals surface area contributed by atoms with E-state index in [-0.39, 0.29) is 6.42 Å². The highest BCUT2D eigenvalue weighted by atomic mass is 32.2. The molecule has 168 valence electrons. The fourth-order valence-corrected chi connectivity index (χ4v) is 3.45. The van der Waals surface area contributed by atoms with Crippen LogP contribution >= 0.6 is 0 Å². The zero-order valence-electron chi connectivity index (χ0n) is 15.5. The van der Waals surface area contributed by atoms with Crippen molar-refractivity contribution in [2.45, 2.75) is 89.1 Å². The maximum absolute atomic E-state index is 13.0. The number of carbonyl (C=O) groups is 1. The lowest BCUT2D eigenvalue weighted by atomic mass is 10.0. The average Bonchev–Trinajstić information content (AvgIpc) is 2.49. The summed E-state index contributed by atoms with van der Waals surface area (Å²) in [6, 6.07) is 0. The highest BCUT2D eigenvalue weighted by molar-refractivity contribution is 7.85. The highest BCUT2D eigenvalue weighted by Gasteiger charge is 2.75. The second-order valence-corrected chi connectivity index (χ2v) is 8.05. The van der Waals surface area contributed by atoms with Crippen molar-refractivity contribution in [2.24, 2.45) is 0 Å². The average molecular weight is 444 g/mol. The highest BCUT2D eigenvalue weighted by Crippen LogP contribution is 2.47. The van der Waals surface area contributed by atoms with Gasteiger partial charge in [0, 0.05) is 6.42 Å². The third-order valence-electron chi connectivity index (χ3n) is 4.07. The molecule has 0 amide bonds. The minimum Gasteiger partial charge on any atom is -0.438 e. The molecule has 0 atom stereocenters. The minimum absolute atomic E-state index is 0.00542. The van der Waals surface area contributed by atoms with Gasteiger partial charge in [-0.3, -0.25) is 9.35 Å². The first-order valence-corrected chi connectivity index (χ1v) is 10.6. The second kappa shape index (κ2) is 11.2. The number of halogens is 6. The van der Waals surface area contributed by atoms with Crippen molar-refractivity contribution in [1.82, 2.24) is 0 Å². The topological polar surface area (TPSA) is 80.7 Å².